The monoisotopic (exact) mass is 368 g/mol. The fourth-order valence-electron chi connectivity index (χ4n) is 3.24. The quantitative estimate of drug-likeness (QED) is 0.619. The number of ether oxygens (including phenoxy) is 1. The van der Waals surface area contributed by atoms with Gasteiger partial charge < -0.3 is 0 Å². The van der Waals surface area contributed by atoms with Gasteiger partial charge in [-0.25, -0.2) is 0 Å². The molecule has 116 valence electrons. The molecule has 0 aliphatic carbocycles. The van der Waals surface area contributed by atoms with E-state index in [1.165, 1.54) is 33.6 Å². The molecule has 2 atom stereocenters. The van der Waals surface area contributed by atoms with E-state index in [0.29, 0.717) is 19.8 Å². The molecule has 2 heteroatoms. The minimum atomic E-state index is 0.244. The van der Waals surface area contributed by atoms with Crippen LogP contribution in [-0.4, -0.2) is 21.6 Å². The van der Waals surface area contributed by atoms with Crippen LogP contribution in [0, 0.1) is 0 Å². The molecule has 0 spiro atoms. The van der Waals surface area contributed by atoms with E-state index in [1.54, 1.807) is 0 Å². The number of rotatable bonds is 3. The molecule has 0 N–H and O–H groups in total. The molecule has 1 saturated heterocycles. The summed E-state index contributed by atoms with van der Waals surface area (Å²) < 4.78 is 7.69. The average molecular weight is 367 g/mol. The summed E-state index contributed by atoms with van der Waals surface area (Å²) in [5, 5.41) is 2.61. The zero-order valence-corrected chi connectivity index (χ0v) is 14.7. The third-order valence-corrected chi connectivity index (χ3v) is 7.19. The summed E-state index contributed by atoms with van der Waals surface area (Å²) in [5.74, 6) is 0. The van der Waals surface area contributed by atoms with Crippen LogP contribution in [0.3, 0.4) is 0 Å². The van der Waals surface area contributed by atoms with Gasteiger partial charge in [0.1, 0.15) is 0 Å². The van der Waals surface area contributed by atoms with Gasteiger partial charge in [0.15, 0.2) is 0 Å². The Labute approximate surface area is 143 Å². The SMILES string of the molecule is c1ccc([Se][C@@H]2CCCO[C@H]2c2ccc3ccccc3c2)cc1. The van der Waals surface area contributed by atoms with Gasteiger partial charge in [-0.3, -0.25) is 0 Å². The van der Waals surface area contributed by atoms with Crippen molar-refractivity contribution in [3.05, 3.63) is 78.4 Å². The molecule has 1 aliphatic heterocycles. The van der Waals surface area contributed by atoms with Crippen molar-refractivity contribution in [3.8, 4) is 0 Å². The topological polar surface area (TPSA) is 9.23 Å². The molecule has 1 aliphatic rings. The molecule has 3 aromatic rings. The van der Waals surface area contributed by atoms with Crippen LogP contribution in [0.2, 0.25) is 4.82 Å². The van der Waals surface area contributed by atoms with E-state index in [2.05, 4.69) is 72.8 Å². The number of benzene rings is 3. The first-order valence-electron chi connectivity index (χ1n) is 8.22. The molecule has 4 rings (SSSR count). The Morgan fingerprint density at radius 2 is 1.61 bits per heavy atom. The van der Waals surface area contributed by atoms with Gasteiger partial charge in [0.2, 0.25) is 0 Å². The molecular formula is C21H20OSe. The van der Waals surface area contributed by atoms with Gasteiger partial charge in [0.05, 0.1) is 0 Å². The van der Waals surface area contributed by atoms with Crippen molar-refractivity contribution in [1.29, 1.82) is 0 Å². The van der Waals surface area contributed by atoms with Gasteiger partial charge in [-0.2, -0.15) is 0 Å². The predicted molar refractivity (Wildman–Crippen MR) is 97.5 cm³/mol. The van der Waals surface area contributed by atoms with Crippen LogP contribution in [0.1, 0.15) is 24.5 Å². The van der Waals surface area contributed by atoms with E-state index in [9.17, 15) is 0 Å². The average Bonchev–Trinajstić information content (AvgIpc) is 2.63. The Morgan fingerprint density at radius 3 is 2.48 bits per heavy atom. The molecule has 23 heavy (non-hydrogen) atoms. The van der Waals surface area contributed by atoms with Crippen LogP contribution in [0.15, 0.2) is 72.8 Å². The number of hydrogen-bond acceptors (Lipinski definition) is 1. The molecular weight excluding hydrogens is 347 g/mol. The normalized spacial score (nSPS) is 21.4. The van der Waals surface area contributed by atoms with E-state index in [1.807, 2.05) is 0 Å². The Morgan fingerprint density at radius 1 is 0.826 bits per heavy atom. The first-order chi connectivity index (χ1) is 11.4. The molecule has 3 aromatic carbocycles. The summed E-state index contributed by atoms with van der Waals surface area (Å²) in [6, 6.07) is 26.3. The van der Waals surface area contributed by atoms with Gasteiger partial charge in [0.25, 0.3) is 0 Å². The van der Waals surface area contributed by atoms with Crippen LogP contribution < -0.4 is 4.46 Å². The van der Waals surface area contributed by atoms with E-state index in [-0.39, 0.29) is 6.10 Å². The maximum absolute atomic E-state index is 6.21. The molecule has 0 saturated carbocycles. The maximum atomic E-state index is 6.21. The third kappa shape index (κ3) is 3.35. The van der Waals surface area contributed by atoms with Crippen LogP contribution in [0.5, 0.6) is 0 Å². The van der Waals surface area contributed by atoms with Crippen LogP contribution >= 0.6 is 0 Å². The van der Waals surface area contributed by atoms with E-state index in [4.69, 9.17) is 4.74 Å². The Hall–Kier alpha value is -1.60. The van der Waals surface area contributed by atoms with Crippen molar-refractivity contribution >= 4 is 30.2 Å². The van der Waals surface area contributed by atoms with E-state index < -0.39 is 0 Å². The molecule has 0 bridgehead atoms. The van der Waals surface area contributed by atoms with Crippen LogP contribution in [0.4, 0.5) is 0 Å². The van der Waals surface area contributed by atoms with Crippen molar-refractivity contribution in [2.24, 2.45) is 0 Å². The summed E-state index contributed by atoms with van der Waals surface area (Å²) >= 11 is 0.456. The van der Waals surface area contributed by atoms with Crippen LogP contribution in [0.25, 0.3) is 10.8 Å². The molecule has 0 amide bonds. The first kappa shape index (κ1) is 15.0. The van der Waals surface area contributed by atoms with Crippen molar-refractivity contribution in [2.45, 2.75) is 23.8 Å². The second-order valence-electron chi connectivity index (χ2n) is 6.01. The standard InChI is InChI=1S/C21H20OSe/c1-2-9-19(10-3-1)23-20-11-6-14-22-21(20)18-13-12-16-7-4-5-8-17(16)15-18/h1-5,7-10,12-13,15,20-21H,6,11,14H2/t20-,21+/m1/s1. The van der Waals surface area contributed by atoms with Gasteiger partial charge in [-0.15, -0.1) is 0 Å². The fraction of sp³-hybridized carbons (Fsp3) is 0.238. The Balaban J connectivity index is 1.63. The summed E-state index contributed by atoms with van der Waals surface area (Å²) in [5.41, 5.74) is 1.34. The minimum absolute atomic E-state index is 0.244. The zero-order chi connectivity index (χ0) is 15.5. The van der Waals surface area contributed by atoms with Crippen molar-refractivity contribution < 1.29 is 4.74 Å². The molecule has 1 nitrogen and oxygen atoms in total. The predicted octanol–water partition coefficient (Wildman–Crippen LogP) is 4.51. The second kappa shape index (κ2) is 6.88. The molecule has 0 radical (unpaired) electrons. The molecule has 0 aromatic heterocycles. The summed E-state index contributed by atoms with van der Waals surface area (Å²) in [6.07, 6.45) is 2.70. The van der Waals surface area contributed by atoms with Gasteiger partial charge in [-0.1, -0.05) is 0 Å². The zero-order valence-electron chi connectivity index (χ0n) is 13.0. The van der Waals surface area contributed by atoms with Gasteiger partial charge >= 0.3 is 144 Å². The van der Waals surface area contributed by atoms with E-state index >= 15 is 0 Å². The van der Waals surface area contributed by atoms with Crippen LogP contribution in [-0.2, 0) is 4.74 Å². The Kier molecular flexibility index (Phi) is 4.48. The molecule has 1 fully saturated rings. The summed E-state index contributed by atoms with van der Waals surface area (Å²) in [6.45, 7) is 0.888. The number of fused-ring (bicyclic) bond motifs is 1. The summed E-state index contributed by atoms with van der Waals surface area (Å²) in [7, 11) is 0. The molecule has 1 heterocycles. The molecule has 0 unspecified atom stereocenters. The first-order valence-corrected chi connectivity index (χ1v) is 10.1. The van der Waals surface area contributed by atoms with Crippen molar-refractivity contribution in [1.82, 2.24) is 0 Å². The fourth-order valence-corrected chi connectivity index (χ4v) is 5.99. The van der Waals surface area contributed by atoms with Crippen molar-refractivity contribution in [2.75, 3.05) is 6.61 Å². The van der Waals surface area contributed by atoms with E-state index in [0.717, 1.165) is 6.61 Å². The number of hydrogen-bond donors (Lipinski definition) is 0. The van der Waals surface area contributed by atoms with Gasteiger partial charge in [0, 0.05) is 0 Å². The third-order valence-electron chi connectivity index (χ3n) is 4.40. The van der Waals surface area contributed by atoms with Crippen molar-refractivity contribution in [3.63, 3.8) is 0 Å². The summed E-state index contributed by atoms with van der Waals surface area (Å²) in [4.78, 5) is 0.625. The Bertz CT molecular complexity index is 784. The second-order valence-corrected chi connectivity index (χ2v) is 8.76. The van der Waals surface area contributed by atoms with Gasteiger partial charge in [-0.05, 0) is 0 Å².